The van der Waals surface area contributed by atoms with Gasteiger partial charge in [-0.15, -0.1) is 0 Å². The van der Waals surface area contributed by atoms with Gasteiger partial charge in [-0.3, -0.25) is 19.2 Å². The van der Waals surface area contributed by atoms with Gasteiger partial charge in [0.15, 0.2) is 43.3 Å². The van der Waals surface area contributed by atoms with E-state index in [1.165, 1.54) is 20.8 Å². The van der Waals surface area contributed by atoms with Gasteiger partial charge in [0, 0.05) is 37.3 Å². The van der Waals surface area contributed by atoms with Crippen LogP contribution in [0.4, 0.5) is 0 Å². The van der Waals surface area contributed by atoms with E-state index in [4.69, 9.17) is 28.1 Å². The maximum atomic E-state index is 15.8. The van der Waals surface area contributed by atoms with E-state index in [-0.39, 0.29) is 35.3 Å². The van der Waals surface area contributed by atoms with Crippen LogP contribution in [0.2, 0.25) is 18.1 Å². The lowest BCUT2D eigenvalue weighted by Gasteiger charge is -2.68. The van der Waals surface area contributed by atoms with E-state index in [1.54, 1.807) is 51.1 Å². The van der Waals surface area contributed by atoms with Crippen LogP contribution >= 0.6 is 0 Å². The predicted octanol–water partition coefficient (Wildman–Crippen LogP) is 4.99. The lowest BCUT2D eigenvalue weighted by Crippen LogP contribution is -2.82. The molecule has 0 radical (unpaired) electrons. The number of ether oxygens (including phenoxy) is 5. The van der Waals surface area contributed by atoms with Crippen molar-refractivity contribution in [2.75, 3.05) is 6.61 Å². The second kappa shape index (κ2) is 12.9. The highest BCUT2D eigenvalue weighted by Crippen LogP contribution is 2.67. The molecular formula is C39H48O12Si. The highest BCUT2D eigenvalue weighted by atomic mass is 28.4. The first-order valence-corrected chi connectivity index (χ1v) is 20.6. The van der Waals surface area contributed by atoms with Crippen molar-refractivity contribution in [1.29, 1.82) is 0 Å². The zero-order valence-corrected chi connectivity index (χ0v) is 32.3. The first-order valence-electron chi connectivity index (χ1n) is 18.1. The Morgan fingerprint density at radius 1 is 0.923 bits per heavy atom. The van der Waals surface area contributed by atoms with Gasteiger partial charge in [-0.05, 0) is 49.7 Å². The number of rotatable bonds is 9. The van der Waals surface area contributed by atoms with Gasteiger partial charge < -0.3 is 28.1 Å². The van der Waals surface area contributed by atoms with Gasteiger partial charge in [0.2, 0.25) is 0 Å². The van der Waals surface area contributed by atoms with Gasteiger partial charge in [-0.25, -0.2) is 9.59 Å². The summed E-state index contributed by atoms with van der Waals surface area (Å²) in [7, 11) is -2.55. The summed E-state index contributed by atoms with van der Waals surface area (Å²) in [5.41, 5.74) is -6.63. The fraction of sp³-hybridized carbons (Fsp3) is 0.590. The number of hydrogen-bond acceptors (Lipinski definition) is 12. The standard InChI is InChI=1S/C39H48O12Si/c1-10-52(11-2,12-3)51-26-19-27-38(20-46-27,49-23(6)41)32-34(48-35(45)24-16-14-13-15-17-24)39-25(18-28(42)50-39)30(43)21(4)29(36(39,7)8)31(47-22(5)40)33(44)37(26,32)9/h13-18,26-27,31-32,34H,10-12,19-20H2,1-9H3/t26-,27+,31+,32-,34-,37+,38-,39+/m0/s1. The Bertz CT molecular complexity index is 1780. The van der Waals surface area contributed by atoms with Crippen LogP contribution in [0.5, 0.6) is 0 Å². The molecule has 6 rings (SSSR count). The lowest BCUT2D eigenvalue weighted by atomic mass is 9.44. The molecular weight excluding hydrogens is 689 g/mol. The molecule has 12 nitrogen and oxygen atoms in total. The van der Waals surface area contributed by atoms with Gasteiger partial charge in [0.1, 0.15) is 6.10 Å². The molecule has 2 aliphatic heterocycles. The average molecular weight is 737 g/mol. The normalized spacial score (nSPS) is 34.7. The number of esters is 4. The van der Waals surface area contributed by atoms with Crippen molar-refractivity contribution in [2.45, 2.75) is 122 Å². The van der Waals surface area contributed by atoms with Crippen LogP contribution in [0, 0.1) is 16.7 Å². The molecule has 2 saturated carbocycles. The number of Topliss-reactive ketones (excluding diaryl/α,β-unsaturated/α-hetero) is 2. The maximum Gasteiger partial charge on any atom is 0.338 e. The summed E-state index contributed by atoms with van der Waals surface area (Å²) in [6.07, 6.45) is -3.77. The summed E-state index contributed by atoms with van der Waals surface area (Å²) in [5, 5.41) is 0. The first kappa shape index (κ1) is 37.8. The van der Waals surface area contributed by atoms with Crippen LogP contribution in [-0.2, 0) is 52.1 Å². The molecule has 2 bridgehead atoms. The minimum atomic E-state index is -2.55. The van der Waals surface area contributed by atoms with Crippen LogP contribution in [0.1, 0.15) is 79.1 Å². The van der Waals surface area contributed by atoms with Crippen molar-refractivity contribution in [3.63, 3.8) is 0 Å². The minimum Gasteiger partial charge on any atom is -0.454 e. The van der Waals surface area contributed by atoms with E-state index >= 15 is 4.79 Å². The van der Waals surface area contributed by atoms with Crippen LogP contribution in [0.15, 0.2) is 53.1 Å². The summed E-state index contributed by atoms with van der Waals surface area (Å²) in [6, 6.07) is 10.4. The molecule has 0 N–H and O–H groups in total. The van der Waals surface area contributed by atoms with Gasteiger partial charge >= 0.3 is 23.9 Å². The van der Waals surface area contributed by atoms with Crippen molar-refractivity contribution < 1.29 is 56.9 Å². The molecule has 2 heterocycles. The molecule has 1 aromatic rings. The Hall–Kier alpha value is -3.94. The Kier molecular flexibility index (Phi) is 9.36. The van der Waals surface area contributed by atoms with E-state index < -0.39 is 96.1 Å². The van der Waals surface area contributed by atoms with Crippen LogP contribution in [0.3, 0.4) is 0 Å². The lowest BCUT2D eigenvalue weighted by molar-refractivity contribution is -0.340. The van der Waals surface area contributed by atoms with Gasteiger partial charge in [-0.1, -0.05) is 52.8 Å². The average Bonchev–Trinajstić information content (AvgIpc) is 3.47. The Labute approximate surface area is 304 Å². The van der Waals surface area contributed by atoms with Crippen LogP contribution < -0.4 is 0 Å². The van der Waals surface area contributed by atoms with Crippen molar-refractivity contribution in [1.82, 2.24) is 0 Å². The van der Waals surface area contributed by atoms with Gasteiger partial charge in [-0.2, -0.15) is 0 Å². The summed E-state index contributed by atoms with van der Waals surface area (Å²) >= 11 is 0. The Morgan fingerprint density at radius 2 is 1.56 bits per heavy atom. The third-order valence-electron chi connectivity index (χ3n) is 12.8. The fourth-order valence-electron chi connectivity index (χ4n) is 9.94. The number of benzene rings is 1. The number of allylic oxidation sites excluding steroid dienone is 1. The SMILES string of the molecule is CC[Si](CC)(CC)O[C@H]1C[C@H]2OC[C@@]2(OC(C)=O)[C@H]2[C@H](OC(=O)c3ccccc3)[C@]34OC(=O)C=C3C(=O)C(C)=C([C@@H](OC(C)=O)C(=O)[C@]12C)C4(C)C. The number of carbonyl (C=O) groups is 6. The second-order valence-electron chi connectivity index (χ2n) is 15.4. The number of ketones is 2. The highest BCUT2D eigenvalue weighted by Gasteiger charge is 2.81. The largest absolute Gasteiger partial charge is 0.454 e. The Balaban J connectivity index is 1.75. The number of hydrogen-bond donors (Lipinski definition) is 0. The van der Waals surface area contributed by atoms with E-state index in [0.29, 0.717) is 0 Å². The van der Waals surface area contributed by atoms with Crippen LogP contribution in [0.25, 0.3) is 0 Å². The Morgan fingerprint density at radius 3 is 2.10 bits per heavy atom. The maximum absolute atomic E-state index is 15.8. The molecule has 3 aliphatic carbocycles. The monoisotopic (exact) mass is 736 g/mol. The molecule has 13 heteroatoms. The van der Waals surface area contributed by atoms with E-state index in [2.05, 4.69) is 20.8 Å². The molecule has 0 amide bonds. The van der Waals surface area contributed by atoms with Crippen molar-refractivity contribution in [2.24, 2.45) is 16.7 Å². The number of fused-ring (bicyclic) bond motifs is 4. The zero-order chi connectivity index (χ0) is 38.2. The smallest absolute Gasteiger partial charge is 0.338 e. The first-order chi connectivity index (χ1) is 24.4. The number of carbonyl (C=O) groups excluding carboxylic acids is 6. The third-order valence-corrected chi connectivity index (χ3v) is 17.4. The predicted molar refractivity (Wildman–Crippen MR) is 187 cm³/mol. The highest BCUT2D eigenvalue weighted by molar-refractivity contribution is 6.73. The molecule has 52 heavy (non-hydrogen) atoms. The minimum absolute atomic E-state index is 0.0786. The molecule has 0 unspecified atom stereocenters. The quantitative estimate of drug-likeness (QED) is 0.190. The summed E-state index contributed by atoms with van der Waals surface area (Å²) in [6.45, 7) is 14.9. The third kappa shape index (κ3) is 5.13. The summed E-state index contributed by atoms with van der Waals surface area (Å²) in [4.78, 5) is 84.3. The second-order valence-corrected chi connectivity index (χ2v) is 20.2. The van der Waals surface area contributed by atoms with Crippen LogP contribution in [-0.4, -0.2) is 86.0 Å². The van der Waals surface area contributed by atoms with Gasteiger partial charge in [0.25, 0.3) is 0 Å². The molecule has 280 valence electrons. The molecule has 1 saturated heterocycles. The molecule has 1 spiro atoms. The van der Waals surface area contributed by atoms with Gasteiger partial charge in [0.05, 0.1) is 35.2 Å². The summed E-state index contributed by atoms with van der Waals surface area (Å²) in [5.74, 6) is -5.70. The van der Waals surface area contributed by atoms with Crippen molar-refractivity contribution >= 4 is 43.8 Å². The molecule has 0 aromatic heterocycles. The topological polar surface area (TPSA) is 158 Å². The molecule has 8 atom stereocenters. The summed E-state index contributed by atoms with van der Waals surface area (Å²) < 4.78 is 38.6. The fourth-order valence-corrected chi connectivity index (χ4v) is 12.9. The molecule has 3 fully saturated rings. The van der Waals surface area contributed by atoms with E-state index in [9.17, 15) is 24.0 Å². The van der Waals surface area contributed by atoms with Crippen molar-refractivity contribution in [3.05, 3.63) is 58.7 Å². The zero-order valence-electron chi connectivity index (χ0n) is 31.3. The van der Waals surface area contributed by atoms with Crippen molar-refractivity contribution in [3.8, 4) is 0 Å². The van der Waals surface area contributed by atoms with E-state index in [0.717, 1.165) is 24.2 Å². The van der Waals surface area contributed by atoms with E-state index in [1.807, 2.05) is 0 Å². The molecule has 1 aromatic carbocycles. The molecule has 5 aliphatic rings.